The van der Waals surface area contributed by atoms with E-state index < -0.39 is 0 Å². The largest absolute Gasteiger partial charge is 0.367 e. The third-order valence-corrected chi connectivity index (χ3v) is 3.97. The van der Waals surface area contributed by atoms with E-state index in [1.165, 1.54) is 29.8 Å². The van der Waals surface area contributed by atoms with E-state index in [1.807, 2.05) is 6.20 Å². The van der Waals surface area contributed by atoms with Gasteiger partial charge in [-0.2, -0.15) is 0 Å². The molecule has 0 spiro atoms. The number of hydrogen-bond acceptors (Lipinski definition) is 4. The number of hydrogen-bond donors (Lipinski definition) is 1. The average Bonchev–Trinajstić information content (AvgIpc) is 3.32. The van der Waals surface area contributed by atoms with E-state index in [0.29, 0.717) is 6.04 Å². The van der Waals surface area contributed by atoms with Crippen molar-refractivity contribution in [3.8, 4) is 0 Å². The summed E-state index contributed by atoms with van der Waals surface area (Å²) in [4.78, 5) is 11.5. The van der Waals surface area contributed by atoms with E-state index in [1.54, 1.807) is 0 Å². The molecule has 1 fully saturated rings. The van der Waals surface area contributed by atoms with E-state index >= 15 is 0 Å². The Labute approximate surface area is 118 Å². The fraction of sp³-hybridized carbons (Fsp3) is 0.375. The molecule has 0 saturated heterocycles. The summed E-state index contributed by atoms with van der Waals surface area (Å²) in [5.74, 6) is 0.805. The smallest absolute Gasteiger partial charge is 0.223 e. The third kappa shape index (κ3) is 2.33. The van der Waals surface area contributed by atoms with Crippen molar-refractivity contribution in [3.63, 3.8) is 0 Å². The van der Waals surface area contributed by atoms with E-state index in [2.05, 4.69) is 50.5 Å². The zero-order valence-corrected chi connectivity index (χ0v) is 11.4. The van der Waals surface area contributed by atoms with Crippen molar-refractivity contribution in [1.29, 1.82) is 0 Å². The lowest BCUT2D eigenvalue weighted by atomic mass is 10.1. The standard InChI is InChI=1S/C16H18N4/c1-2-4-14(5-3-1)20-9-8-15-12(11-20)10-17-16(19-15)18-13-6-7-13/h1-5,10,13H,6-9,11H2,(H,17,18,19). The second-order valence-corrected chi connectivity index (χ2v) is 5.59. The Balaban J connectivity index is 1.54. The minimum absolute atomic E-state index is 0.609. The normalized spacial score (nSPS) is 17.7. The van der Waals surface area contributed by atoms with Crippen LogP contribution < -0.4 is 10.2 Å². The van der Waals surface area contributed by atoms with Crippen molar-refractivity contribution in [2.45, 2.75) is 31.8 Å². The average molecular weight is 266 g/mol. The van der Waals surface area contributed by atoms with Gasteiger partial charge in [0.2, 0.25) is 5.95 Å². The molecule has 4 rings (SSSR count). The highest BCUT2D eigenvalue weighted by molar-refractivity contribution is 5.48. The van der Waals surface area contributed by atoms with Crippen molar-refractivity contribution >= 4 is 11.6 Å². The van der Waals surface area contributed by atoms with Crippen molar-refractivity contribution in [2.24, 2.45) is 0 Å². The monoisotopic (exact) mass is 266 g/mol. The van der Waals surface area contributed by atoms with Crippen LogP contribution in [-0.4, -0.2) is 22.6 Å². The van der Waals surface area contributed by atoms with Gasteiger partial charge < -0.3 is 10.2 Å². The third-order valence-electron chi connectivity index (χ3n) is 3.97. The maximum atomic E-state index is 4.67. The predicted octanol–water partition coefficient (Wildman–Crippen LogP) is 2.61. The first kappa shape index (κ1) is 11.7. The maximum Gasteiger partial charge on any atom is 0.223 e. The first-order valence-electron chi connectivity index (χ1n) is 7.30. The summed E-state index contributed by atoms with van der Waals surface area (Å²) in [6.45, 7) is 1.93. The number of fused-ring (bicyclic) bond motifs is 1. The van der Waals surface area contributed by atoms with Gasteiger partial charge in [-0.25, -0.2) is 9.97 Å². The molecule has 1 aliphatic heterocycles. The Morgan fingerprint density at radius 1 is 1.15 bits per heavy atom. The minimum Gasteiger partial charge on any atom is -0.367 e. The first-order valence-corrected chi connectivity index (χ1v) is 7.30. The Morgan fingerprint density at radius 2 is 2.00 bits per heavy atom. The Kier molecular flexibility index (Phi) is 2.80. The molecule has 4 nitrogen and oxygen atoms in total. The van der Waals surface area contributed by atoms with Gasteiger partial charge >= 0.3 is 0 Å². The summed E-state index contributed by atoms with van der Waals surface area (Å²) >= 11 is 0. The number of benzene rings is 1. The number of rotatable bonds is 3. The lowest BCUT2D eigenvalue weighted by Gasteiger charge is -2.30. The number of anilines is 2. The van der Waals surface area contributed by atoms with Gasteiger partial charge in [0, 0.05) is 43.0 Å². The van der Waals surface area contributed by atoms with Gasteiger partial charge in [-0.05, 0) is 25.0 Å². The molecule has 0 amide bonds. The lowest BCUT2D eigenvalue weighted by molar-refractivity contribution is 0.706. The molecule has 102 valence electrons. The molecule has 20 heavy (non-hydrogen) atoms. The molecule has 1 N–H and O–H groups in total. The maximum absolute atomic E-state index is 4.67. The van der Waals surface area contributed by atoms with Gasteiger partial charge in [-0.1, -0.05) is 18.2 Å². The molecule has 2 aromatic rings. The van der Waals surface area contributed by atoms with Crippen LogP contribution in [0.2, 0.25) is 0 Å². The summed E-state index contributed by atoms with van der Waals surface area (Å²) in [6.07, 6.45) is 5.48. The molecule has 2 aliphatic rings. The molecule has 4 heteroatoms. The van der Waals surface area contributed by atoms with Crippen molar-refractivity contribution in [1.82, 2.24) is 9.97 Å². The van der Waals surface area contributed by atoms with Crippen LogP contribution in [0.15, 0.2) is 36.5 Å². The Morgan fingerprint density at radius 3 is 2.80 bits per heavy atom. The quantitative estimate of drug-likeness (QED) is 0.927. The first-order chi connectivity index (χ1) is 9.88. The van der Waals surface area contributed by atoms with Crippen LogP contribution in [0.25, 0.3) is 0 Å². The molecular weight excluding hydrogens is 248 g/mol. The van der Waals surface area contributed by atoms with E-state index in [0.717, 1.165) is 25.5 Å². The fourth-order valence-corrected chi connectivity index (χ4v) is 2.66. The van der Waals surface area contributed by atoms with Crippen LogP contribution in [0.3, 0.4) is 0 Å². The molecule has 0 radical (unpaired) electrons. The molecule has 1 aromatic carbocycles. The van der Waals surface area contributed by atoms with Crippen LogP contribution in [0.4, 0.5) is 11.6 Å². The van der Waals surface area contributed by atoms with Gasteiger partial charge in [-0.3, -0.25) is 0 Å². The summed E-state index contributed by atoms with van der Waals surface area (Å²) in [6, 6.07) is 11.2. The van der Waals surface area contributed by atoms with Crippen LogP contribution in [0.1, 0.15) is 24.1 Å². The van der Waals surface area contributed by atoms with Crippen LogP contribution in [0, 0.1) is 0 Å². The van der Waals surface area contributed by atoms with Crippen molar-refractivity contribution in [2.75, 3.05) is 16.8 Å². The molecule has 0 bridgehead atoms. The molecular formula is C16H18N4. The molecule has 1 saturated carbocycles. The van der Waals surface area contributed by atoms with Crippen LogP contribution in [0.5, 0.6) is 0 Å². The number of aromatic nitrogens is 2. The summed E-state index contributed by atoms with van der Waals surface area (Å²) < 4.78 is 0. The van der Waals surface area contributed by atoms with Crippen molar-refractivity contribution in [3.05, 3.63) is 47.8 Å². The van der Waals surface area contributed by atoms with E-state index in [-0.39, 0.29) is 0 Å². The molecule has 1 aromatic heterocycles. The lowest BCUT2D eigenvalue weighted by Crippen LogP contribution is -2.31. The predicted molar refractivity (Wildman–Crippen MR) is 79.9 cm³/mol. The number of nitrogens with one attached hydrogen (secondary N) is 1. The zero-order chi connectivity index (χ0) is 13.4. The van der Waals surface area contributed by atoms with Gasteiger partial charge in [-0.15, -0.1) is 0 Å². The van der Waals surface area contributed by atoms with Gasteiger partial charge in [0.15, 0.2) is 0 Å². The molecule has 0 unspecified atom stereocenters. The van der Waals surface area contributed by atoms with Crippen LogP contribution in [-0.2, 0) is 13.0 Å². The van der Waals surface area contributed by atoms with E-state index in [9.17, 15) is 0 Å². The topological polar surface area (TPSA) is 41.1 Å². The number of nitrogens with zero attached hydrogens (tertiary/aromatic N) is 3. The highest BCUT2D eigenvalue weighted by Crippen LogP contribution is 2.26. The Hall–Kier alpha value is -2.10. The zero-order valence-electron chi connectivity index (χ0n) is 11.4. The fourth-order valence-electron chi connectivity index (χ4n) is 2.66. The molecule has 0 atom stereocenters. The van der Waals surface area contributed by atoms with Crippen LogP contribution >= 0.6 is 0 Å². The summed E-state index contributed by atoms with van der Waals surface area (Å²) in [7, 11) is 0. The van der Waals surface area contributed by atoms with E-state index in [4.69, 9.17) is 0 Å². The second-order valence-electron chi connectivity index (χ2n) is 5.59. The number of para-hydroxylation sites is 1. The van der Waals surface area contributed by atoms with Gasteiger partial charge in [0.05, 0.1) is 5.69 Å². The molecule has 1 aliphatic carbocycles. The molecule has 2 heterocycles. The second kappa shape index (κ2) is 4.78. The Bertz CT molecular complexity index is 607. The van der Waals surface area contributed by atoms with Gasteiger partial charge in [0.25, 0.3) is 0 Å². The minimum atomic E-state index is 0.609. The SMILES string of the molecule is c1ccc(N2CCc3nc(NC4CC4)ncc3C2)cc1. The summed E-state index contributed by atoms with van der Waals surface area (Å²) in [5, 5.41) is 3.37. The highest BCUT2D eigenvalue weighted by atomic mass is 15.2. The van der Waals surface area contributed by atoms with Crippen molar-refractivity contribution < 1.29 is 0 Å². The highest BCUT2D eigenvalue weighted by Gasteiger charge is 2.23. The summed E-state index contributed by atoms with van der Waals surface area (Å²) in [5.41, 5.74) is 3.73. The van der Waals surface area contributed by atoms with Gasteiger partial charge in [0.1, 0.15) is 0 Å².